The van der Waals surface area contributed by atoms with Gasteiger partial charge in [-0.05, 0) is 24.3 Å². The van der Waals surface area contributed by atoms with Crippen molar-refractivity contribution in [2.45, 2.75) is 6.18 Å². The van der Waals surface area contributed by atoms with Crippen molar-refractivity contribution in [1.82, 2.24) is 4.98 Å². The van der Waals surface area contributed by atoms with E-state index in [1.807, 2.05) is 0 Å². The van der Waals surface area contributed by atoms with E-state index < -0.39 is 11.7 Å². The van der Waals surface area contributed by atoms with Crippen molar-refractivity contribution in [3.8, 4) is 11.6 Å². The Labute approximate surface area is 106 Å². The summed E-state index contributed by atoms with van der Waals surface area (Å²) >= 11 is 5.77. The van der Waals surface area contributed by atoms with Crippen molar-refractivity contribution >= 4 is 11.6 Å². The number of halogens is 4. The highest BCUT2D eigenvalue weighted by Gasteiger charge is 2.34. The van der Waals surface area contributed by atoms with Crippen LogP contribution in [0.5, 0.6) is 11.6 Å². The monoisotopic (exact) mass is 273 g/mol. The minimum Gasteiger partial charge on any atom is -0.437 e. The second kappa shape index (κ2) is 4.86. The average molecular weight is 274 g/mol. The molecular formula is C12H7ClF3NO. The summed E-state index contributed by atoms with van der Waals surface area (Å²) in [5, 5.41) is 0.148. The van der Waals surface area contributed by atoms with E-state index >= 15 is 0 Å². The van der Waals surface area contributed by atoms with Crippen LogP contribution in [0.15, 0.2) is 42.6 Å². The second-order valence-electron chi connectivity index (χ2n) is 3.39. The van der Waals surface area contributed by atoms with Gasteiger partial charge in [-0.25, -0.2) is 4.98 Å². The highest BCUT2D eigenvalue weighted by Crippen LogP contribution is 2.38. The minimum absolute atomic E-state index is 0.0594. The summed E-state index contributed by atoms with van der Waals surface area (Å²) in [4.78, 5) is 3.78. The Hall–Kier alpha value is -1.75. The fourth-order valence-corrected chi connectivity index (χ4v) is 1.50. The minimum atomic E-state index is -4.49. The number of aromatic nitrogens is 1. The lowest BCUT2D eigenvalue weighted by atomic mass is 10.2. The number of para-hydroxylation sites is 1. The molecule has 1 aromatic carbocycles. The summed E-state index contributed by atoms with van der Waals surface area (Å²) in [6.45, 7) is 0. The number of benzene rings is 1. The number of nitrogens with zero attached hydrogens (tertiary/aromatic N) is 1. The van der Waals surface area contributed by atoms with Gasteiger partial charge in [0.15, 0.2) is 0 Å². The summed E-state index contributed by atoms with van der Waals surface area (Å²) < 4.78 is 43.3. The normalized spacial score (nSPS) is 11.3. The molecule has 6 heteroatoms. The molecule has 0 bridgehead atoms. The maximum absolute atomic E-state index is 12.7. The first-order valence-corrected chi connectivity index (χ1v) is 5.31. The van der Waals surface area contributed by atoms with E-state index in [4.69, 9.17) is 16.3 Å². The van der Waals surface area contributed by atoms with Gasteiger partial charge in [-0.3, -0.25) is 0 Å². The maximum Gasteiger partial charge on any atom is 0.419 e. The van der Waals surface area contributed by atoms with Crippen LogP contribution in [0.4, 0.5) is 13.2 Å². The zero-order chi connectivity index (χ0) is 13.2. The largest absolute Gasteiger partial charge is 0.437 e. The number of hydrogen-bond donors (Lipinski definition) is 0. The molecule has 0 spiro atoms. The topological polar surface area (TPSA) is 22.1 Å². The summed E-state index contributed by atoms with van der Waals surface area (Å²) in [5.74, 6) is -0.388. The molecule has 0 aliphatic heterocycles. The summed E-state index contributed by atoms with van der Waals surface area (Å²) in [5.41, 5.74) is -0.869. The fourth-order valence-electron chi connectivity index (χ4n) is 1.34. The summed E-state index contributed by atoms with van der Waals surface area (Å²) in [6.07, 6.45) is -3.10. The molecule has 0 fully saturated rings. The molecular weight excluding hydrogens is 267 g/mol. The molecule has 0 saturated carbocycles. The zero-order valence-electron chi connectivity index (χ0n) is 8.91. The van der Waals surface area contributed by atoms with Gasteiger partial charge >= 0.3 is 6.18 Å². The first-order chi connectivity index (χ1) is 8.48. The number of ether oxygens (including phenoxy) is 1. The van der Waals surface area contributed by atoms with Crippen LogP contribution in [-0.4, -0.2) is 4.98 Å². The van der Waals surface area contributed by atoms with E-state index in [-0.39, 0.29) is 16.7 Å². The Kier molecular flexibility index (Phi) is 3.43. The maximum atomic E-state index is 12.7. The Morgan fingerprint density at radius 2 is 1.78 bits per heavy atom. The predicted octanol–water partition coefficient (Wildman–Crippen LogP) is 4.55. The first-order valence-electron chi connectivity index (χ1n) is 4.93. The van der Waals surface area contributed by atoms with Crippen LogP contribution in [0, 0.1) is 0 Å². The van der Waals surface area contributed by atoms with Crippen molar-refractivity contribution in [3.63, 3.8) is 0 Å². The summed E-state index contributed by atoms with van der Waals surface area (Å²) in [7, 11) is 0. The van der Waals surface area contributed by atoms with Gasteiger partial charge in [-0.15, -0.1) is 0 Å². The Morgan fingerprint density at radius 3 is 2.44 bits per heavy atom. The number of rotatable bonds is 2. The van der Waals surface area contributed by atoms with Crippen molar-refractivity contribution in [2.24, 2.45) is 0 Å². The lowest BCUT2D eigenvalue weighted by molar-refractivity contribution is -0.138. The third-order valence-electron chi connectivity index (χ3n) is 2.12. The number of hydrogen-bond acceptors (Lipinski definition) is 2. The van der Waals surface area contributed by atoms with Gasteiger partial charge in [0.05, 0.1) is 5.56 Å². The third-order valence-corrected chi connectivity index (χ3v) is 2.41. The fraction of sp³-hybridized carbons (Fsp3) is 0.0833. The van der Waals surface area contributed by atoms with Crippen LogP contribution >= 0.6 is 11.6 Å². The summed E-state index contributed by atoms with van der Waals surface area (Å²) in [6, 6.07) is 7.93. The molecule has 0 aliphatic rings. The van der Waals surface area contributed by atoms with Crippen molar-refractivity contribution in [1.29, 1.82) is 0 Å². The SMILES string of the molecule is FC(F)(F)c1ccccc1Oc1ncccc1Cl. The molecule has 1 aromatic heterocycles. The van der Waals surface area contributed by atoms with E-state index in [2.05, 4.69) is 4.98 Å². The van der Waals surface area contributed by atoms with E-state index in [1.54, 1.807) is 6.07 Å². The van der Waals surface area contributed by atoms with Crippen LogP contribution in [0.25, 0.3) is 0 Å². The third kappa shape index (κ3) is 2.73. The molecule has 18 heavy (non-hydrogen) atoms. The molecule has 0 N–H and O–H groups in total. The van der Waals surface area contributed by atoms with Gasteiger partial charge in [-0.2, -0.15) is 13.2 Å². The Bertz CT molecular complexity index is 557. The zero-order valence-corrected chi connectivity index (χ0v) is 9.66. The molecule has 0 unspecified atom stereocenters. The molecule has 0 aliphatic carbocycles. The van der Waals surface area contributed by atoms with Crippen LogP contribution in [0.3, 0.4) is 0 Å². The molecule has 94 valence electrons. The molecule has 2 rings (SSSR count). The van der Waals surface area contributed by atoms with Gasteiger partial charge in [0, 0.05) is 6.20 Å². The first kappa shape index (κ1) is 12.7. The quantitative estimate of drug-likeness (QED) is 0.801. The molecule has 0 amide bonds. The van der Waals surface area contributed by atoms with Gasteiger partial charge in [-0.1, -0.05) is 23.7 Å². The van der Waals surface area contributed by atoms with E-state index in [9.17, 15) is 13.2 Å². The molecule has 2 nitrogen and oxygen atoms in total. The predicted molar refractivity (Wildman–Crippen MR) is 60.8 cm³/mol. The second-order valence-corrected chi connectivity index (χ2v) is 3.79. The van der Waals surface area contributed by atoms with E-state index in [0.29, 0.717) is 0 Å². The van der Waals surface area contributed by atoms with Crippen LogP contribution in [0.2, 0.25) is 5.02 Å². The lowest BCUT2D eigenvalue weighted by Gasteiger charge is -2.13. The van der Waals surface area contributed by atoms with Gasteiger partial charge < -0.3 is 4.74 Å². The van der Waals surface area contributed by atoms with Gasteiger partial charge in [0.2, 0.25) is 5.88 Å². The van der Waals surface area contributed by atoms with Crippen LogP contribution < -0.4 is 4.74 Å². The van der Waals surface area contributed by atoms with Crippen LogP contribution in [0.1, 0.15) is 5.56 Å². The van der Waals surface area contributed by atoms with Crippen molar-refractivity contribution < 1.29 is 17.9 Å². The molecule has 1 heterocycles. The van der Waals surface area contributed by atoms with Gasteiger partial charge in [0.25, 0.3) is 0 Å². The molecule has 0 radical (unpaired) electrons. The highest BCUT2D eigenvalue weighted by molar-refractivity contribution is 6.31. The number of pyridine rings is 1. The average Bonchev–Trinajstić information content (AvgIpc) is 2.31. The Balaban J connectivity index is 2.39. The van der Waals surface area contributed by atoms with Gasteiger partial charge in [0.1, 0.15) is 10.8 Å². The van der Waals surface area contributed by atoms with Crippen molar-refractivity contribution in [2.75, 3.05) is 0 Å². The van der Waals surface area contributed by atoms with E-state index in [0.717, 1.165) is 6.07 Å². The molecule has 0 saturated heterocycles. The lowest BCUT2D eigenvalue weighted by Crippen LogP contribution is -2.07. The standard InChI is InChI=1S/C12H7ClF3NO/c13-9-5-3-7-17-11(9)18-10-6-2-1-4-8(10)12(14,15)16/h1-7H. The number of alkyl halides is 3. The van der Waals surface area contributed by atoms with Crippen molar-refractivity contribution in [3.05, 3.63) is 53.2 Å². The smallest absolute Gasteiger partial charge is 0.419 e. The molecule has 0 atom stereocenters. The molecule has 2 aromatic rings. The Morgan fingerprint density at radius 1 is 1.06 bits per heavy atom. The highest BCUT2D eigenvalue weighted by atomic mass is 35.5. The van der Waals surface area contributed by atoms with E-state index in [1.165, 1.54) is 30.5 Å². The van der Waals surface area contributed by atoms with Crippen LogP contribution in [-0.2, 0) is 6.18 Å².